The highest BCUT2D eigenvalue weighted by molar-refractivity contribution is 5.74. The SMILES string of the molecule is CCOC(=O)[C@@H]1CC[C@@H](C)[C@@]1(C)O. The second-order valence-electron chi connectivity index (χ2n) is 4.01. The van der Waals surface area contributed by atoms with E-state index in [0.29, 0.717) is 6.61 Å². The molecule has 0 radical (unpaired) electrons. The molecule has 3 atom stereocenters. The fraction of sp³-hybridized carbons (Fsp3) is 0.900. The molecule has 13 heavy (non-hydrogen) atoms. The van der Waals surface area contributed by atoms with E-state index in [1.165, 1.54) is 0 Å². The summed E-state index contributed by atoms with van der Waals surface area (Å²) >= 11 is 0. The smallest absolute Gasteiger partial charge is 0.311 e. The van der Waals surface area contributed by atoms with Crippen molar-refractivity contribution >= 4 is 5.97 Å². The average molecular weight is 186 g/mol. The van der Waals surface area contributed by atoms with E-state index in [2.05, 4.69) is 0 Å². The zero-order valence-electron chi connectivity index (χ0n) is 8.54. The van der Waals surface area contributed by atoms with Gasteiger partial charge in [0.05, 0.1) is 18.1 Å². The molecule has 0 aromatic carbocycles. The molecule has 1 aliphatic rings. The first-order valence-corrected chi connectivity index (χ1v) is 4.89. The van der Waals surface area contributed by atoms with Gasteiger partial charge < -0.3 is 9.84 Å². The van der Waals surface area contributed by atoms with Crippen LogP contribution in [-0.4, -0.2) is 23.3 Å². The third-order valence-electron chi connectivity index (χ3n) is 3.16. The maximum Gasteiger partial charge on any atom is 0.311 e. The summed E-state index contributed by atoms with van der Waals surface area (Å²) in [5.41, 5.74) is -0.883. The first-order chi connectivity index (χ1) is 6.00. The predicted octanol–water partition coefficient (Wildman–Crippen LogP) is 1.35. The minimum absolute atomic E-state index is 0.182. The summed E-state index contributed by atoms with van der Waals surface area (Å²) in [5.74, 6) is -0.402. The molecule has 0 amide bonds. The van der Waals surface area contributed by atoms with E-state index in [1.54, 1.807) is 13.8 Å². The number of carbonyl (C=O) groups is 1. The van der Waals surface area contributed by atoms with Crippen LogP contribution in [0.2, 0.25) is 0 Å². The van der Waals surface area contributed by atoms with E-state index >= 15 is 0 Å². The number of aliphatic hydroxyl groups is 1. The average Bonchev–Trinajstić information content (AvgIpc) is 2.28. The Kier molecular flexibility index (Phi) is 2.96. The summed E-state index contributed by atoms with van der Waals surface area (Å²) < 4.78 is 4.91. The predicted molar refractivity (Wildman–Crippen MR) is 49.1 cm³/mol. The van der Waals surface area contributed by atoms with Crippen LogP contribution in [0, 0.1) is 11.8 Å². The second kappa shape index (κ2) is 3.66. The molecule has 0 aromatic rings. The second-order valence-corrected chi connectivity index (χ2v) is 4.01. The Morgan fingerprint density at radius 1 is 1.62 bits per heavy atom. The van der Waals surface area contributed by atoms with Gasteiger partial charge >= 0.3 is 5.97 Å². The van der Waals surface area contributed by atoms with Crippen LogP contribution < -0.4 is 0 Å². The van der Waals surface area contributed by atoms with Crippen LogP contribution in [-0.2, 0) is 9.53 Å². The lowest BCUT2D eigenvalue weighted by Gasteiger charge is -2.27. The standard InChI is InChI=1S/C10H18O3/c1-4-13-9(11)8-6-5-7(2)10(8,3)12/h7-8,12H,4-6H2,1-3H3/t7-,8+,10-/m1/s1. The van der Waals surface area contributed by atoms with Gasteiger partial charge in [0.25, 0.3) is 0 Å². The Bertz CT molecular complexity index is 198. The molecule has 1 saturated carbocycles. The molecule has 0 heterocycles. The van der Waals surface area contributed by atoms with E-state index in [0.717, 1.165) is 12.8 Å². The molecule has 0 bridgehead atoms. The Labute approximate surface area is 79.1 Å². The van der Waals surface area contributed by atoms with Crippen molar-refractivity contribution in [1.29, 1.82) is 0 Å². The van der Waals surface area contributed by atoms with E-state index in [-0.39, 0.29) is 17.8 Å². The maximum atomic E-state index is 11.4. The normalized spacial score (nSPS) is 39.1. The van der Waals surface area contributed by atoms with E-state index < -0.39 is 5.60 Å². The fourth-order valence-electron chi connectivity index (χ4n) is 1.94. The lowest BCUT2D eigenvalue weighted by Crippen LogP contribution is -2.39. The van der Waals surface area contributed by atoms with Gasteiger partial charge in [-0.15, -0.1) is 0 Å². The van der Waals surface area contributed by atoms with Crippen molar-refractivity contribution in [3.05, 3.63) is 0 Å². The van der Waals surface area contributed by atoms with Crippen LogP contribution in [0.4, 0.5) is 0 Å². The molecule has 3 heteroatoms. The number of hydrogen-bond acceptors (Lipinski definition) is 3. The van der Waals surface area contributed by atoms with Crippen LogP contribution >= 0.6 is 0 Å². The maximum absolute atomic E-state index is 11.4. The third kappa shape index (κ3) is 1.85. The number of ether oxygens (including phenoxy) is 1. The van der Waals surface area contributed by atoms with Gasteiger partial charge in [0, 0.05) is 0 Å². The molecule has 1 aliphatic carbocycles. The van der Waals surface area contributed by atoms with Gasteiger partial charge in [0.1, 0.15) is 0 Å². The lowest BCUT2D eigenvalue weighted by atomic mass is 9.87. The van der Waals surface area contributed by atoms with Gasteiger partial charge in [0.15, 0.2) is 0 Å². The first kappa shape index (κ1) is 10.5. The van der Waals surface area contributed by atoms with Crippen molar-refractivity contribution < 1.29 is 14.6 Å². The van der Waals surface area contributed by atoms with Crippen LogP contribution in [0.25, 0.3) is 0 Å². The summed E-state index contributed by atoms with van der Waals surface area (Å²) in [5, 5.41) is 10.0. The van der Waals surface area contributed by atoms with Crippen molar-refractivity contribution in [2.75, 3.05) is 6.61 Å². The van der Waals surface area contributed by atoms with Gasteiger partial charge in [-0.2, -0.15) is 0 Å². The molecule has 1 rings (SSSR count). The van der Waals surface area contributed by atoms with Gasteiger partial charge in [-0.05, 0) is 32.6 Å². The fourth-order valence-corrected chi connectivity index (χ4v) is 1.94. The van der Waals surface area contributed by atoms with Gasteiger partial charge in [-0.25, -0.2) is 0 Å². The highest BCUT2D eigenvalue weighted by atomic mass is 16.5. The Hall–Kier alpha value is -0.570. The van der Waals surface area contributed by atoms with Crippen molar-refractivity contribution in [2.45, 2.75) is 39.2 Å². The van der Waals surface area contributed by atoms with E-state index in [4.69, 9.17) is 4.74 Å². The Balaban J connectivity index is 2.66. The summed E-state index contributed by atoms with van der Waals surface area (Å²) in [6.07, 6.45) is 1.64. The summed E-state index contributed by atoms with van der Waals surface area (Å²) in [7, 11) is 0. The zero-order valence-corrected chi connectivity index (χ0v) is 8.54. The summed E-state index contributed by atoms with van der Waals surface area (Å²) in [6.45, 7) is 5.87. The number of rotatable bonds is 2. The van der Waals surface area contributed by atoms with Crippen LogP contribution in [0.15, 0.2) is 0 Å². The van der Waals surface area contributed by atoms with Gasteiger partial charge in [-0.1, -0.05) is 6.92 Å². The molecule has 1 N–H and O–H groups in total. The quantitative estimate of drug-likeness (QED) is 0.662. The molecule has 76 valence electrons. The van der Waals surface area contributed by atoms with E-state index in [9.17, 15) is 9.90 Å². The monoisotopic (exact) mass is 186 g/mol. The third-order valence-corrected chi connectivity index (χ3v) is 3.16. The topological polar surface area (TPSA) is 46.5 Å². The molecule has 0 spiro atoms. The zero-order chi connectivity index (χ0) is 10.1. The Morgan fingerprint density at radius 3 is 2.62 bits per heavy atom. The molecule has 0 aromatic heterocycles. The van der Waals surface area contributed by atoms with Crippen LogP contribution in [0.5, 0.6) is 0 Å². The molecule has 0 aliphatic heterocycles. The van der Waals surface area contributed by atoms with Crippen molar-refractivity contribution in [3.63, 3.8) is 0 Å². The van der Waals surface area contributed by atoms with Crippen molar-refractivity contribution in [1.82, 2.24) is 0 Å². The highest BCUT2D eigenvalue weighted by Crippen LogP contribution is 2.40. The minimum atomic E-state index is -0.883. The van der Waals surface area contributed by atoms with Gasteiger partial charge in [-0.3, -0.25) is 4.79 Å². The van der Waals surface area contributed by atoms with Crippen molar-refractivity contribution in [3.8, 4) is 0 Å². The lowest BCUT2D eigenvalue weighted by molar-refractivity contribution is -0.156. The molecular weight excluding hydrogens is 168 g/mol. The molecular formula is C10H18O3. The van der Waals surface area contributed by atoms with Crippen molar-refractivity contribution in [2.24, 2.45) is 11.8 Å². The number of hydrogen-bond donors (Lipinski definition) is 1. The van der Waals surface area contributed by atoms with Crippen LogP contribution in [0.1, 0.15) is 33.6 Å². The molecule has 3 nitrogen and oxygen atoms in total. The Morgan fingerprint density at radius 2 is 2.23 bits per heavy atom. The largest absolute Gasteiger partial charge is 0.466 e. The van der Waals surface area contributed by atoms with Gasteiger partial charge in [0.2, 0.25) is 0 Å². The van der Waals surface area contributed by atoms with Crippen LogP contribution in [0.3, 0.4) is 0 Å². The summed E-state index contributed by atoms with van der Waals surface area (Å²) in [6, 6.07) is 0. The molecule has 0 unspecified atom stereocenters. The first-order valence-electron chi connectivity index (χ1n) is 4.89. The molecule has 0 saturated heterocycles. The number of esters is 1. The van der Waals surface area contributed by atoms with E-state index in [1.807, 2.05) is 6.92 Å². The minimum Gasteiger partial charge on any atom is -0.466 e. The number of carbonyl (C=O) groups excluding carboxylic acids is 1. The summed E-state index contributed by atoms with van der Waals surface area (Å²) in [4.78, 5) is 11.4. The highest BCUT2D eigenvalue weighted by Gasteiger charge is 2.47. The molecule has 1 fully saturated rings.